The second kappa shape index (κ2) is 6.71. The molecule has 0 spiro atoms. The second-order valence-electron chi connectivity index (χ2n) is 7.32. The van der Waals surface area contributed by atoms with Gasteiger partial charge in [0.2, 0.25) is 5.91 Å². The molecule has 0 aromatic carbocycles. The van der Waals surface area contributed by atoms with Crippen molar-refractivity contribution >= 4 is 12.0 Å². The van der Waals surface area contributed by atoms with Gasteiger partial charge in [0.1, 0.15) is 5.60 Å². The van der Waals surface area contributed by atoms with Crippen LogP contribution < -0.4 is 0 Å². The number of carbonyl (C=O) groups excluding carboxylic acids is 2. The van der Waals surface area contributed by atoms with E-state index in [-0.39, 0.29) is 24.0 Å². The Bertz CT molecular complexity index is 442. The molecule has 0 radical (unpaired) electrons. The highest BCUT2D eigenvalue weighted by Crippen LogP contribution is 2.24. The number of amides is 2. The average molecular weight is 308 g/mol. The molecule has 2 aliphatic rings. The molecule has 2 saturated heterocycles. The van der Waals surface area contributed by atoms with Gasteiger partial charge in [-0.25, -0.2) is 4.79 Å². The van der Waals surface area contributed by atoms with Crippen LogP contribution in [0.3, 0.4) is 0 Å². The van der Waals surface area contributed by atoms with Gasteiger partial charge in [-0.2, -0.15) is 0 Å². The van der Waals surface area contributed by atoms with Gasteiger partial charge in [-0.05, 0) is 40.0 Å². The maximum atomic E-state index is 12.4. The van der Waals surface area contributed by atoms with Gasteiger partial charge in [0.15, 0.2) is 0 Å². The first-order valence-corrected chi connectivity index (χ1v) is 8.20. The van der Waals surface area contributed by atoms with Crippen LogP contribution in [0.4, 0.5) is 4.79 Å². The number of carbonyl (C=O) groups is 2. The second-order valence-corrected chi connectivity index (χ2v) is 7.32. The number of nitrogens with zero attached hydrogens (tertiary/aromatic N) is 2. The van der Waals surface area contributed by atoms with Crippen LogP contribution in [0.1, 0.15) is 46.5 Å². The largest absolute Gasteiger partial charge is 0.444 e. The Labute approximate surface area is 133 Å². The van der Waals surface area contributed by atoms with Crippen LogP contribution >= 0.6 is 0 Å². The summed E-state index contributed by atoms with van der Waals surface area (Å²) in [5.74, 6) is 0.408. The van der Waals surface area contributed by atoms with E-state index in [1.807, 2.05) is 36.6 Å². The maximum absolute atomic E-state index is 12.4. The minimum Gasteiger partial charge on any atom is -0.444 e. The monoisotopic (exact) mass is 308 g/mol. The van der Waals surface area contributed by atoms with Gasteiger partial charge in [-0.15, -0.1) is 6.58 Å². The van der Waals surface area contributed by atoms with E-state index in [2.05, 4.69) is 6.58 Å². The Morgan fingerprint density at radius 2 is 2.14 bits per heavy atom. The van der Waals surface area contributed by atoms with Crippen molar-refractivity contribution in [2.75, 3.05) is 19.6 Å². The fourth-order valence-electron chi connectivity index (χ4n) is 3.14. The van der Waals surface area contributed by atoms with Crippen molar-refractivity contribution in [3.05, 3.63) is 12.7 Å². The molecule has 0 N–H and O–H groups in total. The number of piperidine rings is 1. The molecule has 22 heavy (non-hydrogen) atoms. The molecule has 2 aliphatic heterocycles. The normalized spacial score (nSPS) is 26.2. The smallest absolute Gasteiger partial charge is 0.410 e. The molecule has 2 fully saturated rings. The molecular formula is C17H28N2O3. The van der Waals surface area contributed by atoms with Gasteiger partial charge in [0, 0.05) is 32.0 Å². The van der Waals surface area contributed by atoms with Crippen molar-refractivity contribution in [3.63, 3.8) is 0 Å². The summed E-state index contributed by atoms with van der Waals surface area (Å²) in [7, 11) is 0. The summed E-state index contributed by atoms with van der Waals surface area (Å²) >= 11 is 0. The van der Waals surface area contributed by atoms with Crippen molar-refractivity contribution in [3.8, 4) is 0 Å². The quantitative estimate of drug-likeness (QED) is 0.753. The van der Waals surface area contributed by atoms with Crippen LogP contribution in [0.5, 0.6) is 0 Å². The summed E-state index contributed by atoms with van der Waals surface area (Å²) in [4.78, 5) is 28.1. The number of rotatable bonds is 3. The Morgan fingerprint density at radius 3 is 2.73 bits per heavy atom. The topological polar surface area (TPSA) is 49.9 Å². The lowest BCUT2D eigenvalue weighted by atomic mass is 10.0. The van der Waals surface area contributed by atoms with Crippen molar-refractivity contribution in [2.24, 2.45) is 5.92 Å². The first kappa shape index (κ1) is 16.8. The molecule has 2 unspecified atom stereocenters. The summed E-state index contributed by atoms with van der Waals surface area (Å²) < 4.78 is 5.51. The summed E-state index contributed by atoms with van der Waals surface area (Å²) in [6.07, 6.45) is 5.16. The van der Waals surface area contributed by atoms with Crippen molar-refractivity contribution < 1.29 is 14.3 Å². The lowest BCUT2D eigenvalue weighted by Crippen LogP contribution is -2.51. The maximum Gasteiger partial charge on any atom is 0.410 e. The molecule has 0 saturated carbocycles. The van der Waals surface area contributed by atoms with Gasteiger partial charge in [-0.1, -0.05) is 6.08 Å². The molecule has 0 aromatic rings. The molecule has 2 amide bonds. The van der Waals surface area contributed by atoms with Gasteiger partial charge in [0.05, 0.1) is 6.04 Å². The highest BCUT2D eigenvalue weighted by Gasteiger charge is 2.35. The molecule has 2 atom stereocenters. The zero-order valence-electron chi connectivity index (χ0n) is 14.0. The molecule has 2 heterocycles. The van der Waals surface area contributed by atoms with E-state index in [9.17, 15) is 9.59 Å². The van der Waals surface area contributed by atoms with Gasteiger partial charge >= 0.3 is 6.09 Å². The predicted molar refractivity (Wildman–Crippen MR) is 85.5 cm³/mol. The molecule has 124 valence electrons. The summed E-state index contributed by atoms with van der Waals surface area (Å²) in [5, 5.41) is 0. The number of hydrogen-bond donors (Lipinski definition) is 0. The Kier molecular flexibility index (Phi) is 5.14. The van der Waals surface area contributed by atoms with E-state index in [0.717, 1.165) is 25.8 Å². The number of likely N-dealkylation sites (tertiary alicyclic amines) is 2. The first-order chi connectivity index (χ1) is 10.3. The summed E-state index contributed by atoms with van der Waals surface area (Å²) in [5.41, 5.74) is -0.490. The van der Waals surface area contributed by atoms with Crippen LogP contribution in [0.15, 0.2) is 12.7 Å². The minimum absolute atomic E-state index is 0.0658. The SMILES string of the molecule is C=CC1CC(=O)N(CC2CCCCN2C(=O)OC(C)(C)C)C1. The van der Waals surface area contributed by atoms with E-state index >= 15 is 0 Å². The van der Waals surface area contributed by atoms with E-state index in [1.54, 1.807) is 0 Å². The molecule has 0 aliphatic carbocycles. The van der Waals surface area contributed by atoms with Crippen LogP contribution in [-0.2, 0) is 9.53 Å². The van der Waals surface area contributed by atoms with Crippen molar-refractivity contribution in [2.45, 2.75) is 58.1 Å². The van der Waals surface area contributed by atoms with Crippen LogP contribution in [0, 0.1) is 5.92 Å². The summed E-state index contributed by atoms with van der Waals surface area (Å²) in [6.45, 7) is 11.5. The molecule has 5 heteroatoms. The molecule has 2 rings (SSSR count). The summed E-state index contributed by atoms with van der Waals surface area (Å²) in [6, 6.07) is 0.0658. The third kappa shape index (κ3) is 4.24. The molecule has 0 bridgehead atoms. The fourth-order valence-corrected chi connectivity index (χ4v) is 3.14. The Morgan fingerprint density at radius 1 is 1.41 bits per heavy atom. The van der Waals surface area contributed by atoms with E-state index < -0.39 is 5.60 Å². The Hall–Kier alpha value is -1.52. The number of ether oxygens (including phenoxy) is 1. The minimum atomic E-state index is -0.490. The van der Waals surface area contributed by atoms with Gasteiger partial charge in [-0.3, -0.25) is 4.79 Å². The van der Waals surface area contributed by atoms with Crippen LogP contribution in [-0.4, -0.2) is 53.1 Å². The Balaban J connectivity index is 1.99. The molecule has 5 nitrogen and oxygen atoms in total. The zero-order valence-corrected chi connectivity index (χ0v) is 14.0. The lowest BCUT2D eigenvalue weighted by molar-refractivity contribution is -0.128. The predicted octanol–water partition coefficient (Wildman–Crippen LogP) is 2.81. The third-order valence-corrected chi connectivity index (χ3v) is 4.26. The van der Waals surface area contributed by atoms with Crippen molar-refractivity contribution in [1.29, 1.82) is 0 Å². The van der Waals surface area contributed by atoms with Crippen LogP contribution in [0.2, 0.25) is 0 Å². The standard InChI is InChI=1S/C17H28N2O3/c1-5-13-10-15(20)18(11-13)12-14-8-6-7-9-19(14)16(21)22-17(2,3)4/h5,13-14H,1,6-12H2,2-4H3. The average Bonchev–Trinajstić information content (AvgIpc) is 2.78. The number of hydrogen-bond acceptors (Lipinski definition) is 3. The molecule has 0 aromatic heterocycles. The highest BCUT2D eigenvalue weighted by molar-refractivity contribution is 5.79. The first-order valence-electron chi connectivity index (χ1n) is 8.20. The highest BCUT2D eigenvalue weighted by atomic mass is 16.6. The van der Waals surface area contributed by atoms with E-state index in [4.69, 9.17) is 4.74 Å². The van der Waals surface area contributed by atoms with E-state index in [0.29, 0.717) is 19.5 Å². The molecular weight excluding hydrogens is 280 g/mol. The fraction of sp³-hybridized carbons (Fsp3) is 0.765. The zero-order chi connectivity index (χ0) is 16.3. The van der Waals surface area contributed by atoms with E-state index in [1.165, 1.54) is 0 Å². The van der Waals surface area contributed by atoms with Crippen molar-refractivity contribution in [1.82, 2.24) is 9.80 Å². The third-order valence-electron chi connectivity index (χ3n) is 4.26. The van der Waals surface area contributed by atoms with Gasteiger partial charge < -0.3 is 14.5 Å². The lowest BCUT2D eigenvalue weighted by Gasteiger charge is -2.38. The van der Waals surface area contributed by atoms with Crippen LogP contribution in [0.25, 0.3) is 0 Å². The van der Waals surface area contributed by atoms with Gasteiger partial charge in [0.25, 0.3) is 0 Å².